The Hall–Kier alpha value is -2.53. The van der Waals surface area contributed by atoms with Crippen molar-refractivity contribution in [1.29, 1.82) is 0 Å². The number of hydrogen-bond acceptors (Lipinski definition) is 3. The molecule has 2 N–H and O–H groups in total. The molecule has 6 heteroatoms. The minimum absolute atomic E-state index is 0.0986. The van der Waals surface area contributed by atoms with Gasteiger partial charge in [-0.05, 0) is 56.2 Å². The van der Waals surface area contributed by atoms with E-state index in [9.17, 15) is 9.59 Å². The molecule has 1 atom stereocenters. The second-order valence-electron chi connectivity index (χ2n) is 6.58. The summed E-state index contributed by atoms with van der Waals surface area (Å²) in [5.74, 6) is -0.658. The molecule has 26 heavy (non-hydrogen) atoms. The zero-order valence-electron chi connectivity index (χ0n) is 15.0. The number of carboxylic acids is 1. The highest BCUT2D eigenvalue weighted by molar-refractivity contribution is 6.30. The summed E-state index contributed by atoms with van der Waals surface area (Å²) in [6.45, 7) is 5.23. The molecule has 0 heterocycles. The van der Waals surface area contributed by atoms with Gasteiger partial charge >= 0.3 is 5.97 Å². The first-order chi connectivity index (χ1) is 12.2. The Morgan fingerprint density at radius 1 is 1.12 bits per heavy atom. The Balaban J connectivity index is 2.03. The number of hydrogen-bond donors (Lipinski definition) is 2. The minimum Gasteiger partial charge on any atom is -0.482 e. The van der Waals surface area contributed by atoms with Gasteiger partial charge in [-0.2, -0.15) is 0 Å². The topological polar surface area (TPSA) is 75.6 Å². The summed E-state index contributed by atoms with van der Waals surface area (Å²) in [6.07, 6.45) is 0. The lowest BCUT2D eigenvalue weighted by Gasteiger charge is -2.27. The third kappa shape index (κ3) is 4.99. The average Bonchev–Trinajstić information content (AvgIpc) is 2.60. The quantitative estimate of drug-likeness (QED) is 0.768. The molecule has 138 valence electrons. The first-order valence-corrected chi connectivity index (χ1v) is 8.59. The molecule has 2 aromatic rings. The van der Waals surface area contributed by atoms with Gasteiger partial charge in [0.05, 0.1) is 11.5 Å². The molecule has 2 aromatic carbocycles. The third-order valence-electron chi connectivity index (χ3n) is 4.22. The zero-order chi connectivity index (χ0) is 19.3. The molecule has 0 bridgehead atoms. The van der Waals surface area contributed by atoms with Gasteiger partial charge in [0.25, 0.3) is 0 Å². The Kier molecular flexibility index (Phi) is 6.27. The summed E-state index contributed by atoms with van der Waals surface area (Å²) in [4.78, 5) is 23.3. The van der Waals surface area contributed by atoms with Crippen molar-refractivity contribution in [3.05, 3.63) is 64.7 Å². The van der Waals surface area contributed by atoms with E-state index in [-0.39, 0.29) is 18.6 Å². The first kappa shape index (κ1) is 19.8. The molecule has 0 radical (unpaired) electrons. The standard InChI is InChI=1S/C20H22ClNO4/c1-13(14-4-10-17(11-5-14)26-12-18(23)24)22-19(25)20(2,3)15-6-8-16(21)9-7-15/h4-11,13H,12H2,1-3H3,(H,22,25)(H,23,24). The van der Waals surface area contributed by atoms with Crippen LogP contribution in [0, 0.1) is 0 Å². The summed E-state index contributed by atoms with van der Waals surface area (Å²) >= 11 is 5.91. The Bertz CT molecular complexity index is 769. The van der Waals surface area contributed by atoms with Crippen molar-refractivity contribution in [2.45, 2.75) is 32.2 Å². The van der Waals surface area contributed by atoms with Crippen LogP contribution in [-0.4, -0.2) is 23.6 Å². The summed E-state index contributed by atoms with van der Waals surface area (Å²) in [5.41, 5.74) is 1.07. The van der Waals surface area contributed by atoms with E-state index < -0.39 is 11.4 Å². The monoisotopic (exact) mass is 375 g/mol. The molecule has 0 spiro atoms. The molecule has 0 saturated heterocycles. The van der Waals surface area contributed by atoms with Crippen LogP contribution < -0.4 is 10.1 Å². The fraction of sp³-hybridized carbons (Fsp3) is 0.300. The molecule has 0 saturated carbocycles. The largest absolute Gasteiger partial charge is 0.482 e. The number of carbonyl (C=O) groups excluding carboxylic acids is 1. The van der Waals surface area contributed by atoms with E-state index in [0.717, 1.165) is 11.1 Å². The molecule has 5 nitrogen and oxygen atoms in total. The third-order valence-corrected chi connectivity index (χ3v) is 4.48. The van der Waals surface area contributed by atoms with Crippen LogP contribution in [0.15, 0.2) is 48.5 Å². The SMILES string of the molecule is CC(NC(=O)C(C)(C)c1ccc(Cl)cc1)c1ccc(OCC(=O)O)cc1. The van der Waals surface area contributed by atoms with Crippen molar-refractivity contribution in [2.24, 2.45) is 0 Å². The summed E-state index contributed by atoms with van der Waals surface area (Å²) in [6, 6.07) is 14.0. The Morgan fingerprint density at radius 3 is 2.23 bits per heavy atom. The fourth-order valence-corrected chi connectivity index (χ4v) is 2.58. The van der Waals surface area contributed by atoms with E-state index in [1.807, 2.05) is 32.9 Å². The predicted molar refractivity (Wildman–Crippen MR) is 101 cm³/mol. The van der Waals surface area contributed by atoms with E-state index in [1.54, 1.807) is 36.4 Å². The van der Waals surface area contributed by atoms with E-state index in [1.165, 1.54) is 0 Å². The lowest BCUT2D eigenvalue weighted by atomic mass is 9.83. The molecule has 0 aromatic heterocycles. The van der Waals surface area contributed by atoms with Crippen LogP contribution in [0.3, 0.4) is 0 Å². The van der Waals surface area contributed by atoms with Gasteiger partial charge in [-0.3, -0.25) is 4.79 Å². The van der Waals surface area contributed by atoms with E-state index >= 15 is 0 Å². The maximum atomic E-state index is 12.7. The molecular weight excluding hydrogens is 354 g/mol. The number of rotatable bonds is 7. The van der Waals surface area contributed by atoms with Gasteiger partial charge in [-0.15, -0.1) is 0 Å². The van der Waals surface area contributed by atoms with Gasteiger partial charge in [-0.25, -0.2) is 4.79 Å². The number of aliphatic carboxylic acids is 1. The number of nitrogens with one attached hydrogen (secondary N) is 1. The van der Waals surface area contributed by atoms with Crippen molar-refractivity contribution < 1.29 is 19.4 Å². The van der Waals surface area contributed by atoms with Crippen LogP contribution in [0.2, 0.25) is 5.02 Å². The number of benzene rings is 2. The average molecular weight is 376 g/mol. The number of ether oxygens (including phenoxy) is 1. The molecule has 0 fully saturated rings. The van der Waals surface area contributed by atoms with Gasteiger partial charge in [0, 0.05) is 5.02 Å². The smallest absolute Gasteiger partial charge is 0.341 e. The first-order valence-electron chi connectivity index (χ1n) is 8.21. The van der Waals surface area contributed by atoms with Crippen molar-refractivity contribution in [3.63, 3.8) is 0 Å². The molecule has 1 amide bonds. The van der Waals surface area contributed by atoms with Crippen molar-refractivity contribution >= 4 is 23.5 Å². The van der Waals surface area contributed by atoms with Gasteiger partial charge in [-0.1, -0.05) is 35.9 Å². The van der Waals surface area contributed by atoms with Gasteiger partial charge in [0.2, 0.25) is 5.91 Å². The van der Waals surface area contributed by atoms with Crippen LogP contribution in [-0.2, 0) is 15.0 Å². The van der Waals surface area contributed by atoms with Crippen LogP contribution in [0.25, 0.3) is 0 Å². The van der Waals surface area contributed by atoms with Crippen LogP contribution >= 0.6 is 11.6 Å². The highest BCUT2D eigenvalue weighted by atomic mass is 35.5. The lowest BCUT2D eigenvalue weighted by Crippen LogP contribution is -2.41. The normalized spacial score (nSPS) is 12.3. The molecule has 0 aliphatic rings. The summed E-state index contributed by atoms with van der Waals surface area (Å²) in [5, 5.41) is 12.3. The Labute approximate surface area is 157 Å². The molecule has 0 aliphatic carbocycles. The van der Waals surface area contributed by atoms with Gasteiger partial charge in [0.15, 0.2) is 6.61 Å². The second kappa shape index (κ2) is 8.23. The van der Waals surface area contributed by atoms with Gasteiger partial charge < -0.3 is 15.2 Å². The fourth-order valence-electron chi connectivity index (χ4n) is 2.46. The highest BCUT2D eigenvalue weighted by Gasteiger charge is 2.30. The van der Waals surface area contributed by atoms with E-state index in [0.29, 0.717) is 10.8 Å². The highest BCUT2D eigenvalue weighted by Crippen LogP contribution is 2.26. The summed E-state index contributed by atoms with van der Waals surface area (Å²) in [7, 11) is 0. The number of carboxylic acid groups (broad SMARTS) is 1. The van der Waals surface area contributed by atoms with Gasteiger partial charge in [0.1, 0.15) is 5.75 Å². The predicted octanol–water partition coefficient (Wildman–Crippen LogP) is 3.96. The second-order valence-corrected chi connectivity index (χ2v) is 7.01. The van der Waals surface area contributed by atoms with Crippen LogP contribution in [0.1, 0.15) is 37.9 Å². The lowest BCUT2D eigenvalue weighted by molar-refractivity contribution is -0.139. The molecule has 1 unspecified atom stereocenters. The Morgan fingerprint density at radius 2 is 1.69 bits per heavy atom. The number of amides is 1. The minimum atomic E-state index is -1.03. The van der Waals surface area contributed by atoms with Crippen LogP contribution in [0.4, 0.5) is 0 Å². The molecule has 2 rings (SSSR count). The molecular formula is C20H22ClNO4. The summed E-state index contributed by atoms with van der Waals surface area (Å²) < 4.78 is 5.11. The van der Waals surface area contributed by atoms with Crippen LogP contribution in [0.5, 0.6) is 5.75 Å². The maximum absolute atomic E-state index is 12.7. The maximum Gasteiger partial charge on any atom is 0.341 e. The van der Waals surface area contributed by atoms with Crippen molar-refractivity contribution in [1.82, 2.24) is 5.32 Å². The van der Waals surface area contributed by atoms with Crippen molar-refractivity contribution in [2.75, 3.05) is 6.61 Å². The van der Waals surface area contributed by atoms with E-state index in [2.05, 4.69) is 5.32 Å². The van der Waals surface area contributed by atoms with Crippen molar-refractivity contribution in [3.8, 4) is 5.75 Å². The number of halogens is 1. The van der Waals surface area contributed by atoms with E-state index in [4.69, 9.17) is 21.4 Å². The molecule has 0 aliphatic heterocycles. The number of carbonyl (C=O) groups is 2. The zero-order valence-corrected chi connectivity index (χ0v) is 15.7.